The summed E-state index contributed by atoms with van der Waals surface area (Å²) < 4.78 is 51.4. The number of hydrogen-bond acceptors (Lipinski definition) is 0. The summed E-state index contributed by atoms with van der Waals surface area (Å²) in [4.78, 5) is 0.333. The average Bonchev–Trinajstić information content (AvgIpc) is 2.53. The van der Waals surface area contributed by atoms with Crippen LogP contribution in [0.25, 0.3) is 0 Å². The summed E-state index contributed by atoms with van der Waals surface area (Å²) in [6, 6.07) is 3.40. The quantitative estimate of drug-likeness (QED) is 0.352. The SMILES string of the molecule is Fc1ccc(C2CCCCC(Br)C2)cc1C(F)(F)F. The van der Waals surface area contributed by atoms with E-state index in [1.807, 2.05) is 0 Å². The number of benzene rings is 1. The second kappa shape index (κ2) is 5.81. The maximum atomic E-state index is 13.3. The van der Waals surface area contributed by atoms with Crippen molar-refractivity contribution < 1.29 is 17.6 Å². The van der Waals surface area contributed by atoms with Crippen LogP contribution >= 0.6 is 15.9 Å². The Hall–Kier alpha value is -0.580. The van der Waals surface area contributed by atoms with Crippen LogP contribution in [0.1, 0.15) is 49.1 Å². The van der Waals surface area contributed by atoms with Crippen molar-refractivity contribution in [3.63, 3.8) is 0 Å². The van der Waals surface area contributed by atoms with Gasteiger partial charge in [-0.1, -0.05) is 34.8 Å². The molecule has 2 atom stereocenters. The fraction of sp³-hybridized carbons (Fsp3) is 0.571. The molecule has 0 aliphatic heterocycles. The van der Waals surface area contributed by atoms with Gasteiger partial charge >= 0.3 is 6.18 Å². The van der Waals surface area contributed by atoms with Gasteiger partial charge in [-0.25, -0.2) is 4.39 Å². The Balaban J connectivity index is 2.29. The normalized spacial score (nSPS) is 25.1. The molecule has 0 heterocycles. The zero-order valence-electron chi connectivity index (χ0n) is 10.3. The van der Waals surface area contributed by atoms with E-state index in [2.05, 4.69) is 15.9 Å². The Kier molecular flexibility index (Phi) is 4.54. The van der Waals surface area contributed by atoms with Crippen LogP contribution in [-0.4, -0.2) is 4.83 Å². The van der Waals surface area contributed by atoms with E-state index in [1.165, 1.54) is 6.07 Å². The first kappa shape index (κ1) is 14.8. The van der Waals surface area contributed by atoms with Gasteiger partial charge in [0.1, 0.15) is 5.82 Å². The monoisotopic (exact) mass is 338 g/mol. The van der Waals surface area contributed by atoms with Gasteiger partial charge < -0.3 is 0 Å². The van der Waals surface area contributed by atoms with E-state index in [9.17, 15) is 17.6 Å². The highest BCUT2D eigenvalue weighted by Crippen LogP contribution is 2.38. The van der Waals surface area contributed by atoms with E-state index < -0.39 is 17.6 Å². The summed E-state index contributed by atoms with van der Waals surface area (Å²) in [6.45, 7) is 0. The lowest BCUT2D eigenvalue weighted by molar-refractivity contribution is -0.140. The van der Waals surface area contributed by atoms with Crippen molar-refractivity contribution >= 4 is 15.9 Å². The standard InChI is InChI=1S/C14H15BrF4/c15-11-4-2-1-3-9(7-11)10-5-6-13(16)12(8-10)14(17,18)19/h5-6,8-9,11H,1-4,7H2. The highest BCUT2D eigenvalue weighted by atomic mass is 79.9. The molecule has 19 heavy (non-hydrogen) atoms. The first-order valence-electron chi connectivity index (χ1n) is 6.38. The summed E-state index contributed by atoms with van der Waals surface area (Å²) in [5, 5.41) is 0. The molecule has 1 aromatic carbocycles. The summed E-state index contributed by atoms with van der Waals surface area (Å²) in [7, 11) is 0. The van der Waals surface area contributed by atoms with Gasteiger partial charge in [-0.15, -0.1) is 0 Å². The third kappa shape index (κ3) is 3.71. The molecular weight excluding hydrogens is 324 g/mol. The van der Waals surface area contributed by atoms with Crippen LogP contribution in [0.3, 0.4) is 0 Å². The maximum absolute atomic E-state index is 13.3. The minimum absolute atomic E-state index is 0.0774. The van der Waals surface area contributed by atoms with Crippen molar-refractivity contribution in [2.75, 3.05) is 0 Å². The fourth-order valence-corrected chi connectivity index (χ4v) is 3.39. The van der Waals surface area contributed by atoms with E-state index in [-0.39, 0.29) is 5.92 Å². The molecule has 0 radical (unpaired) electrons. The summed E-state index contributed by atoms with van der Waals surface area (Å²) in [5.74, 6) is -1.12. The predicted molar refractivity (Wildman–Crippen MR) is 69.9 cm³/mol. The van der Waals surface area contributed by atoms with Gasteiger partial charge in [0, 0.05) is 4.83 Å². The van der Waals surface area contributed by atoms with E-state index in [1.54, 1.807) is 0 Å². The zero-order chi connectivity index (χ0) is 14.0. The van der Waals surface area contributed by atoms with Crippen LogP contribution < -0.4 is 0 Å². The van der Waals surface area contributed by atoms with Gasteiger partial charge in [-0.3, -0.25) is 0 Å². The molecule has 0 nitrogen and oxygen atoms in total. The number of alkyl halides is 4. The molecule has 0 spiro atoms. The smallest absolute Gasteiger partial charge is 0.206 e. The van der Waals surface area contributed by atoms with Gasteiger partial charge in [0.25, 0.3) is 0 Å². The molecule has 1 aliphatic rings. The van der Waals surface area contributed by atoms with Gasteiger partial charge in [-0.2, -0.15) is 13.2 Å². The van der Waals surface area contributed by atoms with Crippen molar-refractivity contribution in [1.29, 1.82) is 0 Å². The van der Waals surface area contributed by atoms with Gasteiger partial charge in [0.15, 0.2) is 0 Å². The van der Waals surface area contributed by atoms with E-state index in [4.69, 9.17) is 0 Å². The first-order chi connectivity index (χ1) is 8.88. The second-order valence-corrected chi connectivity index (χ2v) is 6.35. The van der Waals surface area contributed by atoms with Crippen LogP contribution in [-0.2, 0) is 6.18 Å². The van der Waals surface area contributed by atoms with Crippen LogP contribution in [0.4, 0.5) is 17.6 Å². The van der Waals surface area contributed by atoms with Crippen molar-refractivity contribution in [1.82, 2.24) is 0 Å². The fourth-order valence-electron chi connectivity index (χ4n) is 2.62. The predicted octanol–water partition coefficient (Wildman–Crippen LogP) is 5.66. The first-order valence-corrected chi connectivity index (χ1v) is 7.30. The molecule has 1 aromatic rings. The molecule has 1 fully saturated rings. The summed E-state index contributed by atoms with van der Waals surface area (Å²) in [5.41, 5.74) is -0.555. The molecule has 5 heteroatoms. The maximum Gasteiger partial charge on any atom is 0.419 e. The summed E-state index contributed by atoms with van der Waals surface area (Å²) >= 11 is 3.55. The molecule has 1 aliphatic carbocycles. The second-order valence-electron chi connectivity index (χ2n) is 5.05. The molecule has 2 unspecified atom stereocenters. The molecular formula is C14H15BrF4. The Morgan fingerprint density at radius 3 is 2.47 bits per heavy atom. The third-order valence-electron chi connectivity index (χ3n) is 3.63. The molecule has 106 valence electrons. The van der Waals surface area contributed by atoms with Crippen LogP contribution in [0, 0.1) is 5.82 Å². The summed E-state index contributed by atoms with van der Waals surface area (Å²) in [6.07, 6.45) is 0.182. The largest absolute Gasteiger partial charge is 0.419 e. The molecule has 0 aromatic heterocycles. The zero-order valence-corrected chi connectivity index (χ0v) is 11.9. The van der Waals surface area contributed by atoms with Crippen molar-refractivity contribution in [3.8, 4) is 0 Å². The minimum Gasteiger partial charge on any atom is -0.206 e. The number of hydrogen-bond donors (Lipinski definition) is 0. The van der Waals surface area contributed by atoms with Gasteiger partial charge in [0.2, 0.25) is 0 Å². The molecule has 2 rings (SSSR count). The minimum atomic E-state index is -4.63. The topological polar surface area (TPSA) is 0 Å². The van der Waals surface area contributed by atoms with Crippen LogP contribution in [0.15, 0.2) is 18.2 Å². The molecule has 0 saturated heterocycles. The van der Waals surface area contributed by atoms with E-state index in [0.717, 1.165) is 44.2 Å². The van der Waals surface area contributed by atoms with E-state index in [0.29, 0.717) is 10.4 Å². The lowest BCUT2D eigenvalue weighted by Gasteiger charge is -2.18. The van der Waals surface area contributed by atoms with Crippen molar-refractivity contribution in [2.45, 2.75) is 49.0 Å². The van der Waals surface area contributed by atoms with Gasteiger partial charge in [-0.05, 0) is 42.9 Å². The molecule has 1 saturated carbocycles. The van der Waals surface area contributed by atoms with Crippen molar-refractivity contribution in [3.05, 3.63) is 35.1 Å². The highest BCUT2D eigenvalue weighted by Gasteiger charge is 2.35. The van der Waals surface area contributed by atoms with Crippen molar-refractivity contribution in [2.24, 2.45) is 0 Å². The Bertz CT molecular complexity index is 442. The molecule has 0 N–H and O–H groups in total. The highest BCUT2D eigenvalue weighted by molar-refractivity contribution is 9.09. The molecule has 0 bridgehead atoms. The van der Waals surface area contributed by atoms with Crippen LogP contribution in [0.5, 0.6) is 0 Å². The van der Waals surface area contributed by atoms with Gasteiger partial charge in [0.05, 0.1) is 5.56 Å². The third-order valence-corrected chi connectivity index (χ3v) is 4.46. The Morgan fingerprint density at radius 2 is 1.79 bits per heavy atom. The lowest BCUT2D eigenvalue weighted by atomic mass is 9.90. The Morgan fingerprint density at radius 1 is 1.11 bits per heavy atom. The number of halogens is 5. The molecule has 0 amide bonds. The number of rotatable bonds is 1. The van der Waals surface area contributed by atoms with E-state index >= 15 is 0 Å². The lowest BCUT2D eigenvalue weighted by Crippen LogP contribution is -2.11. The van der Waals surface area contributed by atoms with Crippen LogP contribution in [0.2, 0.25) is 0 Å². The average molecular weight is 339 g/mol. The Labute approximate surface area is 118 Å².